The van der Waals surface area contributed by atoms with Gasteiger partial charge in [-0.2, -0.15) is 5.10 Å². The number of amides is 1. The van der Waals surface area contributed by atoms with Crippen molar-refractivity contribution in [2.45, 2.75) is 44.9 Å². The first-order chi connectivity index (χ1) is 15.4. The number of halogens is 1. The molecule has 1 N–H and O–H groups in total. The van der Waals surface area contributed by atoms with E-state index in [1.54, 1.807) is 25.1 Å². The first-order valence-corrected chi connectivity index (χ1v) is 11.4. The van der Waals surface area contributed by atoms with Gasteiger partial charge >= 0.3 is 0 Å². The lowest BCUT2D eigenvalue weighted by Crippen LogP contribution is -2.59. The zero-order chi connectivity index (χ0) is 22.5. The quantitative estimate of drug-likeness (QED) is 0.745. The second-order valence-electron chi connectivity index (χ2n) is 8.43. The summed E-state index contributed by atoms with van der Waals surface area (Å²) < 4.78 is 12.6. The Hall–Kier alpha value is -2.93. The van der Waals surface area contributed by atoms with Gasteiger partial charge in [0, 0.05) is 55.4 Å². The largest absolute Gasteiger partial charge is 0.507 e. The summed E-state index contributed by atoms with van der Waals surface area (Å²) in [6.45, 7) is 5.28. The number of phenols is 1. The number of hydrogen-bond donors (Lipinski definition) is 1. The van der Waals surface area contributed by atoms with Gasteiger partial charge in [-0.25, -0.2) is 5.01 Å². The molecule has 32 heavy (non-hydrogen) atoms. The third-order valence-electron chi connectivity index (χ3n) is 6.55. The van der Waals surface area contributed by atoms with Crippen molar-refractivity contribution in [2.24, 2.45) is 5.10 Å². The van der Waals surface area contributed by atoms with E-state index in [1.165, 1.54) is 0 Å². The van der Waals surface area contributed by atoms with E-state index in [1.807, 2.05) is 35.0 Å². The Labute approximate surface area is 192 Å². The first kappa shape index (κ1) is 20.9. The van der Waals surface area contributed by atoms with Crippen molar-refractivity contribution in [2.75, 3.05) is 19.7 Å². The van der Waals surface area contributed by atoms with Crippen molar-refractivity contribution < 1.29 is 19.4 Å². The van der Waals surface area contributed by atoms with Crippen LogP contribution in [0.4, 0.5) is 0 Å². The van der Waals surface area contributed by atoms with E-state index >= 15 is 0 Å². The molecule has 1 unspecified atom stereocenters. The topological polar surface area (TPSA) is 74.6 Å². The minimum Gasteiger partial charge on any atom is -0.507 e. The zero-order valence-electron chi connectivity index (χ0n) is 18.2. The number of nitrogens with zero attached hydrogens (tertiary/aromatic N) is 3. The fraction of sp³-hybridized carbons (Fsp3) is 0.417. The third kappa shape index (κ3) is 3.35. The molecule has 0 saturated carbocycles. The smallest absolute Gasteiger partial charge is 0.219 e. The summed E-state index contributed by atoms with van der Waals surface area (Å²) in [7, 11) is 0. The molecule has 0 bridgehead atoms. The molecular weight excluding hydrogens is 430 g/mol. The normalized spacial score (nSPS) is 21.0. The highest BCUT2D eigenvalue weighted by Gasteiger charge is 2.53. The molecule has 168 valence electrons. The molecular formula is C24H26ClN3O4. The number of carbonyl (C=O) groups is 1. The summed E-state index contributed by atoms with van der Waals surface area (Å²) in [5.41, 5.74) is 1.72. The number of hydrazone groups is 1. The highest BCUT2D eigenvalue weighted by molar-refractivity contribution is 6.31. The molecule has 5 rings (SSSR count). The summed E-state index contributed by atoms with van der Waals surface area (Å²) in [5, 5.41) is 18.0. The van der Waals surface area contributed by atoms with Crippen LogP contribution in [0.15, 0.2) is 41.5 Å². The van der Waals surface area contributed by atoms with Crippen LogP contribution in [0, 0.1) is 0 Å². The summed E-state index contributed by atoms with van der Waals surface area (Å²) in [6.07, 6.45) is 1.86. The number of hydrogen-bond acceptors (Lipinski definition) is 6. The molecule has 3 aliphatic rings. The number of piperidine rings is 1. The van der Waals surface area contributed by atoms with Gasteiger partial charge in [0.1, 0.15) is 5.75 Å². The average molecular weight is 456 g/mol. The average Bonchev–Trinajstić information content (AvgIpc) is 3.23. The van der Waals surface area contributed by atoms with Crippen LogP contribution in [0.5, 0.6) is 17.2 Å². The van der Waals surface area contributed by atoms with E-state index in [9.17, 15) is 9.90 Å². The Morgan fingerprint density at radius 3 is 2.81 bits per heavy atom. The summed E-state index contributed by atoms with van der Waals surface area (Å²) in [5.74, 6) is 1.69. The monoisotopic (exact) mass is 455 g/mol. The standard InChI is InChI=1S/C24H26ClN3O4/c1-3-31-22-6-4-5-17-20-14-19(18-13-16(25)7-8-21(18)30)26-28(20)24(32-23(17)22)9-11-27(12-10-24)15(2)29/h4-8,13,20,30H,3,9-12,14H2,1-2H3. The zero-order valence-corrected chi connectivity index (χ0v) is 18.9. The lowest BCUT2D eigenvalue weighted by Gasteiger charge is -2.51. The van der Waals surface area contributed by atoms with Crippen LogP contribution in [-0.2, 0) is 4.79 Å². The van der Waals surface area contributed by atoms with Crippen molar-refractivity contribution >= 4 is 23.2 Å². The van der Waals surface area contributed by atoms with Crippen molar-refractivity contribution in [1.29, 1.82) is 0 Å². The third-order valence-corrected chi connectivity index (χ3v) is 6.78. The van der Waals surface area contributed by atoms with E-state index in [4.69, 9.17) is 26.2 Å². The maximum absolute atomic E-state index is 11.9. The van der Waals surface area contributed by atoms with Crippen LogP contribution in [0.3, 0.4) is 0 Å². The number of likely N-dealkylation sites (tertiary alicyclic amines) is 1. The molecule has 1 atom stereocenters. The number of benzene rings is 2. The Morgan fingerprint density at radius 2 is 2.09 bits per heavy atom. The van der Waals surface area contributed by atoms with E-state index in [0.717, 1.165) is 22.8 Å². The number of phenolic OH excluding ortho intramolecular Hbond substituents is 1. The predicted octanol–water partition coefficient (Wildman–Crippen LogP) is 4.33. The van der Waals surface area contributed by atoms with Crippen LogP contribution < -0.4 is 9.47 Å². The Balaban J connectivity index is 1.59. The fourth-order valence-electron chi connectivity index (χ4n) is 4.94. The maximum Gasteiger partial charge on any atom is 0.219 e. The molecule has 0 aliphatic carbocycles. The second kappa shape index (κ2) is 7.89. The summed E-state index contributed by atoms with van der Waals surface area (Å²) in [6, 6.07) is 10.9. The van der Waals surface area contributed by atoms with Crippen molar-refractivity contribution in [3.63, 3.8) is 0 Å². The number of rotatable bonds is 3. The molecule has 1 fully saturated rings. The van der Waals surface area contributed by atoms with E-state index in [0.29, 0.717) is 49.5 Å². The highest BCUT2D eigenvalue weighted by atomic mass is 35.5. The SMILES string of the molecule is CCOc1cccc2c1OC1(CCN(C(C)=O)CC1)N1N=C(c3cc(Cl)ccc3O)CC21. The van der Waals surface area contributed by atoms with Crippen LogP contribution in [-0.4, -0.2) is 52.1 Å². The van der Waals surface area contributed by atoms with Crippen molar-refractivity contribution in [1.82, 2.24) is 9.91 Å². The van der Waals surface area contributed by atoms with Crippen LogP contribution in [0.2, 0.25) is 5.02 Å². The van der Waals surface area contributed by atoms with Gasteiger partial charge in [0.15, 0.2) is 11.5 Å². The van der Waals surface area contributed by atoms with Gasteiger partial charge in [-0.15, -0.1) is 0 Å². The van der Waals surface area contributed by atoms with Crippen molar-refractivity contribution in [3.05, 3.63) is 52.5 Å². The van der Waals surface area contributed by atoms with Gasteiger partial charge in [-0.3, -0.25) is 4.79 Å². The van der Waals surface area contributed by atoms with Gasteiger partial charge in [-0.1, -0.05) is 23.7 Å². The predicted molar refractivity (Wildman–Crippen MR) is 121 cm³/mol. The van der Waals surface area contributed by atoms with Gasteiger partial charge in [-0.05, 0) is 31.2 Å². The van der Waals surface area contributed by atoms with Gasteiger partial charge < -0.3 is 19.5 Å². The van der Waals surface area contributed by atoms with E-state index in [-0.39, 0.29) is 17.7 Å². The number of carbonyl (C=O) groups excluding carboxylic acids is 1. The molecule has 0 radical (unpaired) electrons. The Bertz CT molecular complexity index is 1090. The van der Waals surface area contributed by atoms with E-state index < -0.39 is 5.72 Å². The van der Waals surface area contributed by atoms with Gasteiger partial charge in [0.05, 0.1) is 18.4 Å². The molecule has 2 aromatic rings. The molecule has 1 saturated heterocycles. The lowest BCUT2D eigenvalue weighted by atomic mass is 9.90. The molecule has 7 nitrogen and oxygen atoms in total. The van der Waals surface area contributed by atoms with Gasteiger partial charge in [0.25, 0.3) is 0 Å². The second-order valence-corrected chi connectivity index (χ2v) is 8.87. The van der Waals surface area contributed by atoms with Crippen LogP contribution in [0.25, 0.3) is 0 Å². The summed E-state index contributed by atoms with van der Waals surface area (Å²) >= 11 is 6.21. The lowest BCUT2D eigenvalue weighted by molar-refractivity contribution is -0.159. The molecule has 3 heterocycles. The Kier molecular flexibility index (Phi) is 5.16. The first-order valence-electron chi connectivity index (χ1n) is 11.0. The highest BCUT2D eigenvalue weighted by Crippen LogP contribution is 2.53. The number of para-hydroxylation sites is 1. The van der Waals surface area contributed by atoms with Crippen LogP contribution >= 0.6 is 11.6 Å². The molecule has 1 spiro atoms. The minimum atomic E-state index is -0.688. The molecule has 3 aliphatic heterocycles. The molecule has 1 amide bonds. The Morgan fingerprint density at radius 1 is 1.31 bits per heavy atom. The molecule has 2 aromatic carbocycles. The van der Waals surface area contributed by atoms with Crippen molar-refractivity contribution in [3.8, 4) is 17.2 Å². The number of fused-ring (bicyclic) bond motifs is 4. The van der Waals surface area contributed by atoms with E-state index in [2.05, 4.69) is 0 Å². The summed E-state index contributed by atoms with van der Waals surface area (Å²) in [4.78, 5) is 13.8. The number of ether oxygens (including phenoxy) is 2. The molecule has 0 aromatic heterocycles. The molecule has 8 heteroatoms. The van der Waals surface area contributed by atoms with Gasteiger partial charge in [0.2, 0.25) is 11.6 Å². The fourth-order valence-corrected chi connectivity index (χ4v) is 5.11. The minimum absolute atomic E-state index is 0.0589. The maximum atomic E-state index is 11.9. The number of aromatic hydroxyl groups is 1. The van der Waals surface area contributed by atoms with Crippen LogP contribution in [0.1, 0.15) is 50.3 Å².